The first-order valence-corrected chi connectivity index (χ1v) is 10.0. The van der Waals surface area contributed by atoms with Crippen LogP contribution in [0.4, 0.5) is 0 Å². The first-order valence-electron chi connectivity index (χ1n) is 10.0. The van der Waals surface area contributed by atoms with Crippen molar-refractivity contribution >= 4 is 11.9 Å². The summed E-state index contributed by atoms with van der Waals surface area (Å²) < 4.78 is 11.0. The van der Waals surface area contributed by atoms with Crippen molar-refractivity contribution < 1.29 is 19.1 Å². The lowest BCUT2D eigenvalue weighted by atomic mass is 9.46. The topological polar surface area (TPSA) is 52.6 Å². The highest BCUT2D eigenvalue weighted by molar-refractivity contribution is 5.69. The molecule has 0 radical (unpaired) electrons. The summed E-state index contributed by atoms with van der Waals surface area (Å²) in [5.74, 6) is 0.453. The Balaban J connectivity index is 2.17. The van der Waals surface area contributed by atoms with Crippen molar-refractivity contribution in [3.63, 3.8) is 0 Å². The van der Waals surface area contributed by atoms with Crippen molar-refractivity contribution in [3.05, 3.63) is 12.2 Å². The van der Waals surface area contributed by atoms with Crippen LogP contribution in [0.1, 0.15) is 80.1 Å². The summed E-state index contributed by atoms with van der Waals surface area (Å²) in [5, 5.41) is 0. The number of hydrogen-bond donors (Lipinski definition) is 0. The highest BCUT2D eigenvalue weighted by atomic mass is 16.5. The van der Waals surface area contributed by atoms with Crippen molar-refractivity contribution in [3.8, 4) is 0 Å². The number of fused-ring (bicyclic) bond motifs is 1. The van der Waals surface area contributed by atoms with Gasteiger partial charge in [0.1, 0.15) is 6.10 Å². The Bertz CT molecular complexity index is 562. The van der Waals surface area contributed by atoms with E-state index in [9.17, 15) is 9.59 Å². The molecule has 0 spiro atoms. The fraction of sp³-hybridized carbons (Fsp3) is 0.818. The highest BCUT2D eigenvalue weighted by Gasteiger charge is 2.57. The van der Waals surface area contributed by atoms with Crippen molar-refractivity contribution in [1.82, 2.24) is 0 Å². The van der Waals surface area contributed by atoms with E-state index in [-0.39, 0.29) is 35.0 Å². The summed E-state index contributed by atoms with van der Waals surface area (Å²) in [7, 11) is 0. The number of allylic oxidation sites excluding steroid dienone is 1. The zero-order valence-electron chi connectivity index (χ0n) is 17.4. The normalized spacial score (nSPS) is 33.5. The summed E-state index contributed by atoms with van der Waals surface area (Å²) >= 11 is 0. The molecule has 0 aromatic rings. The van der Waals surface area contributed by atoms with E-state index >= 15 is 0 Å². The molecule has 0 saturated heterocycles. The van der Waals surface area contributed by atoms with Gasteiger partial charge in [0.15, 0.2) is 0 Å². The summed E-state index contributed by atoms with van der Waals surface area (Å²) in [4.78, 5) is 23.6. The van der Waals surface area contributed by atoms with Crippen molar-refractivity contribution in [1.29, 1.82) is 0 Å². The van der Waals surface area contributed by atoms with Crippen LogP contribution in [0.5, 0.6) is 0 Å². The molecular weight excluding hydrogens is 328 g/mol. The Kier molecular flexibility index (Phi) is 6.24. The van der Waals surface area contributed by atoms with Gasteiger partial charge in [-0.1, -0.05) is 32.9 Å². The zero-order valence-corrected chi connectivity index (χ0v) is 17.4. The van der Waals surface area contributed by atoms with Gasteiger partial charge in [-0.2, -0.15) is 0 Å². The maximum absolute atomic E-state index is 12.1. The van der Waals surface area contributed by atoms with Crippen LogP contribution in [0, 0.1) is 22.7 Å². The highest BCUT2D eigenvalue weighted by Crippen LogP contribution is 2.62. The quantitative estimate of drug-likeness (QED) is 0.505. The summed E-state index contributed by atoms with van der Waals surface area (Å²) in [6.45, 7) is 16.4. The monoisotopic (exact) mass is 364 g/mol. The van der Waals surface area contributed by atoms with Gasteiger partial charge in [0.2, 0.25) is 0 Å². The first kappa shape index (κ1) is 21.0. The van der Waals surface area contributed by atoms with Crippen LogP contribution in [0.25, 0.3) is 0 Å². The molecule has 2 saturated carbocycles. The standard InChI is InChI=1S/C22H36O4/c1-14(2)25-20(24)11-9-17-15(3)8-10-18-21(5,6)19(26-16(4)23)12-13-22(17,18)7/h14,17-19H,3,8-13H2,1-2,4-7H3/t17-,18-,19-,22+/m0/s1. The van der Waals surface area contributed by atoms with E-state index in [2.05, 4.69) is 27.4 Å². The maximum Gasteiger partial charge on any atom is 0.306 e. The maximum atomic E-state index is 12.1. The number of carbonyl (C=O) groups is 2. The molecule has 2 aliphatic rings. The third-order valence-electron chi connectivity index (χ3n) is 6.82. The Morgan fingerprint density at radius 3 is 2.46 bits per heavy atom. The summed E-state index contributed by atoms with van der Waals surface area (Å²) in [6, 6.07) is 0. The van der Waals surface area contributed by atoms with Crippen LogP contribution >= 0.6 is 0 Å². The fourth-order valence-corrected chi connectivity index (χ4v) is 5.68. The number of esters is 2. The molecule has 4 heteroatoms. The Morgan fingerprint density at radius 2 is 1.88 bits per heavy atom. The lowest BCUT2D eigenvalue weighted by Gasteiger charge is -2.59. The van der Waals surface area contributed by atoms with Crippen LogP contribution in [-0.2, 0) is 19.1 Å². The molecule has 26 heavy (non-hydrogen) atoms. The van der Waals surface area contributed by atoms with Crippen LogP contribution in [0.2, 0.25) is 0 Å². The average Bonchev–Trinajstić information content (AvgIpc) is 2.48. The minimum atomic E-state index is -0.195. The summed E-state index contributed by atoms with van der Waals surface area (Å²) in [5.41, 5.74) is 1.28. The van der Waals surface area contributed by atoms with E-state index < -0.39 is 0 Å². The van der Waals surface area contributed by atoms with Crippen LogP contribution in [0.3, 0.4) is 0 Å². The Labute approximate surface area is 158 Å². The van der Waals surface area contributed by atoms with E-state index in [0.717, 1.165) is 32.1 Å². The minimum absolute atomic E-state index is 0.0315. The van der Waals surface area contributed by atoms with Gasteiger partial charge in [-0.25, -0.2) is 0 Å². The molecule has 0 aromatic carbocycles. The predicted octanol–water partition coefficient (Wildman–Crippen LogP) is 5.06. The number of ether oxygens (including phenoxy) is 2. The second kappa shape index (κ2) is 7.74. The van der Waals surface area contributed by atoms with Crippen molar-refractivity contribution in [2.45, 2.75) is 92.3 Å². The predicted molar refractivity (Wildman–Crippen MR) is 102 cm³/mol. The lowest BCUT2D eigenvalue weighted by molar-refractivity contribution is -0.174. The lowest BCUT2D eigenvalue weighted by Crippen LogP contribution is -2.55. The number of rotatable bonds is 5. The largest absolute Gasteiger partial charge is 0.463 e. The second-order valence-corrected chi connectivity index (χ2v) is 9.34. The number of hydrogen-bond acceptors (Lipinski definition) is 4. The average molecular weight is 365 g/mol. The zero-order chi connectivity index (χ0) is 19.7. The molecule has 0 bridgehead atoms. The molecule has 2 fully saturated rings. The molecule has 0 unspecified atom stereocenters. The van der Waals surface area contributed by atoms with Gasteiger partial charge in [-0.3, -0.25) is 9.59 Å². The third kappa shape index (κ3) is 4.15. The molecule has 4 atom stereocenters. The van der Waals surface area contributed by atoms with E-state index in [1.165, 1.54) is 12.5 Å². The van der Waals surface area contributed by atoms with Crippen LogP contribution < -0.4 is 0 Å². The van der Waals surface area contributed by atoms with Crippen LogP contribution in [-0.4, -0.2) is 24.1 Å². The molecular formula is C22H36O4. The minimum Gasteiger partial charge on any atom is -0.463 e. The first-order chi connectivity index (χ1) is 12.0. The molecule has 0 heterocycles. The molecule has 2 rings (SSSR count). The third-order valence-corrected chi connectivity index (χ3v) is 6.82. The van der Waals surface area contributed by atoms with Crippen molar-refractivity contribution in [2.75, 3.05) is 0 Å². The number of carbonyl (C=O) groups excluding carboxylic acids is 2. The fourth-order valence-electron chi connectivity index (χ4n) is 5.68. The summed E-state index contributed by atoms with van der Waals surface area (Å²) in [6.07, 6.45) is 5.08. The SMILES string of the molecule is C=C1CC[C@H]2C(C)(C)[C@@H](OC(C)=O)CC[C@]2(C)[C@H]1CCC(=O)OC(C)C. The van der Waals surface area contributed by atoms with Gasteiger partial charge in [0, 0.05) is 18.8 Å². The molecule has 148 valence electrons. The van der Waals surface area contributed by atoms with E-state index in [1.807, 2.05) is 13.8 Å². The van der Waals surface area contributed by atoms with Gasteiger partial charge in [0.05, 0.1) is 6.10 Å². The van der Waals surface area contributed by atoms with E-state index in [4.69, 9.17) is 9.47 Å². The van der Waals surface area contributed by atoms with Crippen molar-refractivity contribution in [2.24, 2.45) is 22.7 Å². The van der Waals surface area contributed by atoms with Gasteiger partial charge < -0.3 is 9.47 Å². The Hall–Kier alpha value is -1.32. The Morgan fingerprint density at radius 1 is 1.23 bits per heavy atom. The molecule has 0 N–H and O–H groups in total. The van der Waals surface area contributed by atoms with Gasteiger partial charge >= 0.3 is 11.9 Å². The molecule has 0 amide bonds. The van der Waals surface area contributed by atoms with E-state index in [0.29, 0.717) is 18.3 Å². The molecule has 0 aromatic heterocycles. The van der Waals surface area contributed by atoms with Crippen LogP contribution in [0.15, 0.2) is 12.2 Å². The van der Waals surface area contributed by atoms with Gasteiger partial charge in [-0.05, 0) is 63.2 Å². The van der Waals surface area contributed by atoms with Gasteiger partial charge in [0.25, 0.3) is 0 Å². The molecule has 0 aliphatic heterocycles. The van der Waals surface area contributed by atoms with E-state index in [1.54, 1.807) is 0 Å². The van der Waals surface area contributed by atoms with Gasteiger partial charge in [-0.15, -0.1) is 0 Å². The smallest absolute Gasteiger partial charge is 0.306 e. The molecule has 2 aliphatic carbocycles. The second-order valence-electron chi connectivity index (χ2n) is 9.34. The molecule has 4 nitrogen and oxygen atoms in total.